The zero-order valence-electron chi connectivity index (χ0n) is 25.6. The van der Waals surface area contributed by atoms with Gasteiger partial charge in [-0.1, -0.05) is 118 Å². The number of carbonyl (C=O) groups is 2. The van der Waals surface area contributed by atoms with Crippen molar-refractivity contribution in [3.63, 3.8) is 0 Å². The Balaban J connectivity index is 3.37. The maximum atomic E-state index is 12.2. The largest absolute Gasteiger partial charge is 0.466 e. The summed E-state index contributed by atoms with van der Waals surface area (Å²) in [4.78, 5) is 23.9. The lowest BCUT2D eigenvalue weighted by molar-refractivity contribution is -0.149. The van der Waals surface area contributed by atoms with Gasteiger partial charge in [-0.2, -0.15) is 0 Å². The van der Waals surface area contributed by atoms with E-state index in [4.69, 9.17) is 9.47 Å². The molecule has 0 amide bonds. The highest BCUT2D eigenvalue weighted by Crippen LogP contribution is 2.18. The van der Waals surface area contributed by atoms with Crippen LogP contribution in [0.2, 0.25) is 0 Å². The Morgan fingerprint density at radius 3 is 1.35 bits per heavy atom. The smallest absolute Gasteiger partial charge is 0.308 e. The Labute approximate surface area is 231 Å². The molecule has 4 nitrogen and oxygen atoms in total. The number of unbranched alkanes of at least 4 members (excludes halogenated alkanes) is 13. The van der Waals surface area contributed by atoms with Crippen LogP contribution in [0.4, 0.5) is 0 Å². The van der Waals surface area contributed by atoms with Crippen LogP contribution < -0.4 is 0 Å². The van der Waals surface area contributed by atoms with Gasteiger partial charge in [0.1, 0.15) is 0 Å². The molecule has 0 aromatic heterocycles. The number of esters is 2. The molecule has 1 atom stereocenters. The van der Waals surface area contributed by atoms with Crippen molar-refractivity contribution in [1.82, 2.24) is 0 Å². The summed E-state index contributed by atoms with van der Waals surface area (Å²) < 4.78 is 10.8. The van der Waals surface area contributed by atoms with Crippen molar-refractivity contribution in [2.24, 2.45) is 17.8 Å². The first-order valence-electron chi connectivity index (χ1n) is 16.2. The molecule has 0 aliphatic heterocycles. The fraction of sp³-hybridized carbons (Fsp3) is 0.939. The van der Waals surface area contributed by atoms with Crippen LogP contribution in [0.1, 0.15) is 169 Å². The van der Waals surface area contributed by atoms with E-state index in [-0.39, 0.29) is 17.9 Å². The SMILES string of the molecule is CCC(CCCCCCCCCCCCCCCCC(=O)OCCCC(C)C)C(=O)OCCCC(C)C. The van der Waals surface area contributed by atoms with E-state index in [0.717, 1.165) is 57.8 Å². The normalized spacial score (nSPS) is 12.3. The zero-order valence-corrected chi connectivity index (χ0v) is 25.6. The lowest BCUT2D eigenvalue weighted by Gasteiger charge is -2.14. The van der Waals surface area contributed by atoms with Gasteiger partial charge in [0, 0.05) is 6.42 Å². The predicted octanol–water partition coefficient (Wildman–Crippen LogP) is 10.2. The molecule has 0 aliphatic rings. The van der Waals surface area contributed by atoms with Gasteiger partial charge in [-0.3, -0.25) is 9.59 Å². The Morgan fingerprint density at radius 2 is 0.919 bits per heavy atom. The van der Waals surface area contributed by atoms with Crippen molar-refractivity contribution in [3.8, 4) is 0 Å². The highest BCUT2D eigenvalue weighted by Gasteiger charge is 2.17. The van der Waals surface area contributed by atoms with Gasteiger partial charge in [0.2, 0.25) is 0 Å². The Morgan fingerprint density at radius 1 is 0.514 bits per heavy atom. The number of rotatable bonds is 27. The second-order valence-electron chi connectivity index (χ2n) is 12.1. The first-order chi connectivity index (χ1) is 17.9. The van der Waals surface area contributed by atoms with Crippen molar-refractivity contribution in [1.29, 1.82) is 0 Å². The third-order valence-electron chi connectivity index (χ3n) is 7.37. The summed E-state index contributed by atoms with van der Waals surface area (Å²) in [5.74, 6) is 1.47. The molecule has 0 radical (unpaired) electrons. The average Bonchev–Trinajstić information content (AvgIpc) is 2.86. The molecular formula is C33H64O4. The summed E-state index contributed by atoms with van der Waals surface area (Å²) in [6.07, 6.45) is 24.5. The topological polar surface area (TPSA) is 52.6 Å². The maximum Gasteiger partial charge on any atom is 0.308 e. The molecule has 4 heteroatoms. The monoisotopic (exact) mass is 524 g/mol. The molecular weight excluding hydrogens is 460 g/mol. The minimum absolute atomic E-state index is 0.0125. The van der Waals surface area contributed by atoms with E-state index in [1.165, 1.54) is 70.6 Å². The van der Waals surface area contributed by atoms with E-state index >= 15 is 0 Å². The summed E-state index contributed by atoms with van der Waals surface area (Å²) in [7, 11) is 0. The van der Waals surface area contributed by atoms with E-state index in [0.29, 0.717) is 31.5 Å². The average molecular weight is 525 g/mol. The molecule has 0 bridgehead atoms. The minimum Gasteiger partial charge on any atom is -0.466 e. The fourth-order valence-electron chi connectivity index (χ4n) is 4.80. The van der Waals surface area contributed by atoms with E-state index < -0.39 is 0 Å². The highest BCUT2D eigenvalue weighted by atomic mass is 16.5. The van der Waals surface area contributed by atoms with Gasteiger partial charge in [0.15, 0.2) is 0 Å². The minimum atomic E-state index is -0.0125. The molecule has 1 unspecified atom stereocenters. The maximum absolute atomic E-state index is 12.2. The van der Waals surface area contributed by atoms with Crippen molar-refractivity contribution >= 4 is 11.9 Å². The summed E-state index contributed by atoms with van der Waals surface area (Å²) in [6.45, 7) is 12.1. The van der Waals surface area contributed by atoms with Gasteiger partial charge in [0.25, 0.3) is 0 Å². The number of hydrogen-bond donors (Lipinski definition) is 0. The van der Waals surface area contributed by atoms with Gasteiger partial charge in [0.05, 0.1) is 19.1 Å². The lowest BCUT2D eigenvalue weighted by atomic mass is 9.97. The molecule has 0 saturated heterocycles. The highest BCUT2D eigenvalue weighted by molar-refractivity contribution is 5.72. The van der Waals surface area contributed by atoms with Crippen LogP contribution in [0.15, 0.2) is 0 Å². The molecule has 220 valence electrons. The summed E-state index contributed by atoms with van der Waals surface area (Å²) in [5, 5.41) is 0. The Kier molecular flexibility index (Phi) is 25.8. The molecule has 37 heavy (non-hydrogen) atoms. The quantitative estimate of drug-likeness (QED) is 0.0792. The van der Waals surface area contributed by atoms with Crippen LogP contribution in [-0.4, -0.2) is 25.2 Å². The summed E-state index contributed by atoms with van der Waals surface area (Å²) >= 11 is 0. The molecule has 0 fully saturated rings. The molecule has 0 heterocycles. The standard InChI is InChI=1S/C33H64O4/c1-6-31(33(35)37-28-22-24-30(4)5)25-19-17-15-13-11-9-7-8-10-12-14-16-18-20-26-32(34)36-27-21-23-29(2)3/h29-31H,6-28H2,1-5H3. The van der Waals surface area contributed by atoms with Crippen molar-refractivity contribution in [2.45, 2.75) is 169 Å². The third kappa shape index (κ3) is 26.3. The van der Waals surface area contributed by atoms with Gasteiger partial charge >= 0.3 is 11.9 Å². The zero-order chi connectivity index (χ0) is 27.6. The van der Waals surface area contributed by atoms with Gasteiger partial charge in [-0.25, -0.2) is 0 Å². The lowest BCUT2D eigenvalue weighted by Crippen LogP contribution is -2.18. The van der Waals surface area contributed by atoms with E-state index in [2.05, 4.69) is 34.6 Å². The number of carbonyl (C=O) groups excluding carboxylic acids is 2. The van der Waals surface area contributed by atoms with Gasteiger partial charge in [-0.15, -0.1) is 0 Å². The van der Waals surface area contributed by atoms with Crippen LogP contribution in [0, 0.1) is 17.8 Å². The van der Waals surface area contributed by atoms with Crippen molar-refractivity contribution < 1.29 is 19.1 Å². The first kappa shape index (κ1) is 35.9. The summed E-state index contributed by atoms with van der Waals surface area (Å²) in [6, 6.07) is 0. The van der Waals surface area contributed by atoms with E-state index in [1.54, 1.807) is 0 Å². The molecule has 0 aromatic rings. The van der Waals surface area contributed by atoms with E-state index in [1.807, 2.05) is 0 Å². The second-order valence-corrected chi connectivity index (χ2v) is 12.1. The van der Waals surface area contributed by atoms with Crippen molar-refractivity contribution in [3.05, 3.63) is 0 Å². The van der Waals surface area contributed by atoms with Crippen LogP contribution in [0.5, 0.6) is 0 Å². The summed E-state index contributed by atoms with van der Waals surface area (Å²) in [5.41, 5.74) is 0. The van der Waals surface area contributed by atoms with Crippen molar-refractivity contribution in [2.75, 3.05) is 13.2 Å². The molecule has 0 aliphatic carbocycles. The molecule has 0 saturated carbocycles. The van der Waals surface area contributed by atoms with Gasteiger partial charge < -0.3 is 9.47 Å². The molecule has 0 N–H and O–H groups in total. The second kappa shape index (κ2) is 26.5. The van der Waals surface area contributed by atoms with Crippen LogP contribution in [0.25, 0.3) is 0 Å². The van der Waals surface area contributed by atoms with Gasteiger partial charge in [-0.05, 0) is 56.8 Å². The Hall–Kier alpha value is -1.06. The predicted molar refractivity (Wildman–Crippen MR) is 158 cm³/mol. The number of ether oxygens (including phenoxy) is 2. The first-order valence-corrected chi connectivity index (χ1v) is 16.2. The van der Waals surface area contributed by atoms with Crippen LogP contribution in [0.3, 0.4) is 0 Å². The van der Waals surface area contributed by atoms with Crippen LogP contribution in [-0.2, 0) is 19.1 Å². The Bertz CT molecular complexity index is 514. The fourth-order valence-corrected chi connectivity index (χ4v) is 4.80. The molecule has 0 spiro atoms. The third-order valence-corrected chi connectivity index (χ3v) is 7.37. The molecule has 0 aromatic carbocycles. The number of hydrogen-bond acceptors (Lipinski definition) is 4. The molecule has 0 rings (SSSR count). The van der Waals surface area contributed by atoms with E-state index in [9.17, 15) is 9.59 Å². The van der Waals surface area contributed by atoms with Crippen LogP contribution >= 0.6 is 0 Å².